The molecule has 7 nitrogen and oxygen atoms in total. The first-order valence-electron chi connectivity index (χ1n) is 7.90. The number of esters is 1. The summed E-state index contributed by atoms with van der Waals surface area (Å²) in [4.78, 5) is 24.0. The zero-order valence-electron chi connectivity index (χ0n) is 14.2. The summed E-state index contributed by atoms with van der Waals surface area (Å²) in [7, 11) is 0. The van der Waals surface area contributed by atoms with Crippen molar-refractivity contribution in [2.24, 2.45) is 0 Å². The van der Waals surface area contributed by atoms with Crippen molar-refractivity contribution in [2.45, 2.75) is 13.0 Å². The molecule has 142 valence electrons. The lowest BCUT2D eigenvalue weighted by molar-refractivity contribution is -0.153. The molecule has 0 radical (unpaired) electrons. The summed E-state index contributed by atoms with van der Waals surface area (Å²) in [5.74, 6) is 0.217. The topological polar surface area (TPSA) is 83.1 Å². The van der Waals surface area contributed by atoms with E-state index in [4.69, 9.17) is 42.1 Å². The van der Waals surface area contributed by atoms with E-state index < -0.39 is 24.6 Å². The number of benzene rings is 2. The molecular weight excluding hydrogens is 397 g/mol. The maximum atomic E-state index is 12.0. The molecule has 9 heteroatoms. The number of anilines is 1. The summed E-state index contributed by atoms with van der Waals surface area (Å²) in [6.45, 7) is 1.16. The Kier molecular flexibility index (Phi) is 5.93. The summed E-state index contributed by atoms with van der Waals surface area (Å²) >= 11 is 11.8. The highest BCUT2D eigenvalue weighted by Crippen LogP contribution is 2.34. The van der Waals surface area contributed by atoms with E-state index in [1.165, 1.54) is 13.0 Å². The second-order valence-corrected chi connectivity index (χ2v) is 6.40. The standard InChI is InChI=1S/C18H15Cl2NO6/c1-10(27-14-4-2-11(19)6-13(14)20)18(23)24-8-17(22)21-12-3-5-15-16(7-12)26-9-25-15/h2-7,10H,8-9H2,1H3,(H,21,22). The molecule has 1 aliphatic rings. The molecule has 3 rings (SSSR count). The molecule has 1 aliphatic heterocycles. The molecule has 2 aromatic carbocycles. The lowest BCUT2D eigenvalue weighted by Crippen LogP contribution is -2.29. The van der Waals surface area contributed by atoms with Crippen LogP contribution in [0.3, 0.4) is 0 Å². The van der Waals surface area contributed by atoms with Crippen molar-refractivity contribution in [1.82, 2.24) is 0 Å². The van der Waals surface area contributed by atoms with Crippen LogP contribution in [0.4, 0.5) is 5.69 Å². The molecule has 1 heterocycles. The van der Waals surface area contributed by atoms with Crippen molar-refractivity contribution < 1.29 is 28.5 Å². The van der Waals surface area contributed by atoms with E-state index in [-0.39, 0.29) is 17.6 Å². The molecule has 0 spiro atoms. The minimum absolute atomic E-state index is 0.139. The zero-order chi connectivity index (χ0) is 19.4. The van der Waals surface area contributed by atoms with Gasteiger partial charge in [-0.25, -0.2) is 4.79 Å². The first-order valence-corrected chi connectivity index (χ1v) is 8.66. The number of hydrogen-bond donors (Lipinski definition) is 1. The number of hydrogen-bond acceptors (Lipinski definition) is 6. The van der Waals surface area contributed by atoms with Crippen LogP contribution in [0.2, 0.25) is 10.0 Å². The van der Waals surface area contributed by atoms with Gasteiger partial charge in [-0.3, -0.25) is 4.79 Å². The average Bonchev–Trinajstić information content (AvgIpc) is 3.09. The first-order chi connectivity index (χ1) is 12.9. The first kappa shape index (κ1) is 19.1. The predicted molar refractivity (Wildman–Crippen MR) is 98.7 cm³/mol. The fourth-order valence-corrected chi connectivity index (χ4v) is 2.69. The summed E-state index contributed by atoms with van der Waals surface area (Å²) in [6, 6.07) is 9.57. The van der Waals surface area contributed by atoms with Crippen molar-refractivity contribution in [1.29, 1.82) is 0 Å². The van der Waals surface area contributed by atoms with Gasteiger partial charge in [0.15, 0.2) is 24.2 Å². The van der Waals surface area contributed by atoms with Gasteiger partial charge in [0.05, 0.1) is 5.02 Å². The van der Waals surface area contributed by atoms with Crippen LogP contribution in [0.1, 0.15) is 6.92 Å². The molecule has 0 fully saturated rings. The third-order valence-electron chi connectivity index (χ3n) is 3.53. The van der Waals surface area contributed by atoms with Crippen LogP contribution in [0.5, 0.6) is 17.2 Å². The highest BCUT2D eigenvalue weighted by molar-refractivity contribution is 6.35. The minimum atomic E-state index is -0.956. The average molecular weight is 412 g/mol. The van der Waals surface area contributed by atoms with Crippen LogP contribution in [-0.2, 0) is 14.3 Å². The van der Waals surface area contributed by atoms with Gasteiger partial charge in [-0.15, -0.1) is 0 Å². The summed E-state index contributed by atoms with van der Waals surface area (Å²) in [5, 5.41) is 3.32. The Morgan fingerprint density at radius 2 is 1.93 bits per heavy atom. The largest absolute Gasteiger partial charge is 0.477 e. The number of amides is 1. The Hall–Kier alpha value is -2.64. The molecule has 0 bridgehead atoms. The normalized spacial score (nSPS) is 13.0. The van der Waals surface area contributed by atoms with E-state index in [0.29, 0.717) is 22.2 Å². The highest BCUT2D eigenvalue weighted by Gasteiger charge is 2.20. The fourth-order valence-electron chi connectivity index (χ4n) is 2.23. The zero-order valence-corrected chi connectivity index (χ0v) is 15.7. The number of nitrogens with one attached hydrogen (secondary N) is 1. The number of carbonyl (C=O) groups excluding carboxylic acids is 2. The monoisotopic (exact) mass is 411 g/mol. The molecule has 1 unspecified atom stereocenters. The molecular formula is C18H15Cl2NO6. The molecule has 0 saturated heterocycles. The second-order valence-electron chi connectivity index (χ2n) is 5.56. The van der Waals surface area contributed by atoms with Crippen molar-refractivity contribution in [3.63, 3.8) is 0 Å². The quantitative estimate of drug-likeness (QED) is 0.730. The highest BCUT2D eigenvalue weighted by atomic mass is 35.5. The van der Waals surface area contributed by atoms with Gasteiger partial charge in [-0.05, 0) is 37.3 Å². The summed E-state index contributed by atoms with van der Waals surface area (Å²) in [6.07, 6.45) is -0.956. The van der Waals surface area contributed by atoms with E-state index in [1.807, 2.05) is 0 Å². The summed E-state index contributed by atoms with van der Waals surface area (Å²) < 4.78 is 20.8. The Morgan fingerprint density at radius 1 is 1.15 bits per heavy atom. The van der Waals surface area contributed by atoms with Gasteiger partial charge in [0, 0.05) is 16.8 Å². The fraction of sp³-hybridized carbons (Fsp3) is 0.222. The lowest BCUT2D eigenvalue weighted by Gasteiger charge is -2.15. The maximum Gasteiger partial charge on any atom is 0.347 e. The smallest absolute Gasteiger partial charge is 0.347 e. The van der Waals surface area contributed by atoms with E-state index >= 15 is 0 Å². The van der Waals surface area contributed by atoms with E-state index in [1.54, 1.807) is 30.3 Å². The van der Waals surface area contributed by atoms with Crippen molar-refractivity contribution >= 4 is 40.8 Å². The Labute approximate surface area is 165 Å². The lowest BCUT2D eigenvalue weighted by atomic mass is 10.3. The van der Waals surface area contributed by atoms with E-state index in [9.17, 15) is 9.59 Å². The van der Waals surface area contributed by atoms with E-state index in [2.05, 4.69) is 5.32 Å². The van der Waals surface area contributed by atoms with Crippen molar-refractivity contribution in [3.8, 4) is 17.2 Å². The van der Waals surface area contributed by atoms with Crippen LogP contribution in [-0.4, -0.2) is 31.4 Å². The third kappa shape index (κ3) is 4.96. The van der Waals surface area contributed by atoms with Crippen LogP contribution in [0.25, 0.3) is 0 Å². The molecule has 2 aromatic rings. The van der Waals surface area contributed by atoms with Gasteiger partial charge < -0.3 is 24.3 Å². The Bertz CT molecular complexity index is 873. The van der Waals surface area contributed by atoms with Gasteiger partial charge >= 0.3 is 5.97 Å². The number of ether oxygens (including phenoxy) is 4. The van der Waals surface area contributed by atoms with Crippen molar-refractivity contribution in [3.05, 3.63) is 46.4 Å². The molecule has 1 N–H and O–H groups in total. The number of carbonyl (C=O) groups is 2. The molecule has 0 aromatic heterocycles. The van der Waals surface area contributed by atoms with Gasteiger partial charge in [-0.1, -0.05) is 23.2 Å². The predicted octanol–water partition coefficient (Wildman–Crippen LogP) is 3.67. The van der Waals surface area contributed by atoms with Gasteiger partial charge in [0.1, 0.15) is 5.75 Å². The third-order valence-corrected chi connectivity index (χ3v) is 4.06. The Morgan fingerprint density at radius 3 is 2.70 bits per heavy atom. The van der Waals surface area contributed by atoms with Gasteiger partial charge in [0.2, 0.25) is 6.79 Å². The van der Waals surface area contributed by atoms with Crippen LogP contribution < -0.4 is 19.5 Å². The van der Waals surface area contributed by atoms with Gasteiger partial charge in [0.25, 0.3) is 5.91 Å². The maximum absolute atomic E-state index is 12.0. The number of fused-ring (bicyclic) bond motifs is 1. The summed E-state index contributed by atoms with van der Waals surface area (Å²) in [5.41, 5.74) is 0.498. The number of halogens is 2. The van der Waals surface area contributed by atoms with Crippen LogP contribution in [0.15, 0.2) is 36.4 Å². The molecule has 0 saturated carbocycles. The van der Waals surface area contributed by atoms with Crippen LogP contribution in [0, 0.1) is 0 Å². The van der Waals surface area contributed by atoms with Gasteiger partial charge in [-0.2, -0.15) is 0 Å². The molecule has 27 heavy (non-hydrogen) atoms. The van der Waals surface area contributed by atoms with Crippen LogP contribution >= 0.6 is 23.2 Å². The minimum Gasteiger partial charge on any atom is -0.477 e. The van der Waals surface area contributed by atoms with E-state index in [0.717, 1.165) is 0 Å². The number of rotatable bonds is 6. The second kappa shape index (κ2) is 8.37. The Balaban J connectivity index is 1.48. The molecule has 1 atom stereocenters. The molecule has 1 amide bonds. The van der Waals surface area contributed by atoms with Crippen molar-refractivity contribution in [2.75, 3.05) is 18.7 Å². The SMILES string of the molecule is CC(Oc1ccc(Cl)cc1Cl)C(=O)OCC(=O)Nc1ccc2c(c1)OCO2. The molecule has 0 aliphatic carbocycles.